The van der Waals surface area contributed by atoms with Crippen molar-refractivity contribution in [3.63, 3.8) is 0 Å². The molecule has 4 heteroatoms. The second-order valence-electron chi connectivity index (χ2n) is 7.19. The number of hydrogen-bond donors (Lipinski definition) is 0. The normalized spacial score (nSPS) is 17.5. The molecule has 3 aromatic rings. The molecule has 0 aliphatic carbocycles. The molecule has 0 spiro atoms. The lowest BCUT2D eigenvalue weighted by Crippen LogP contribution is -2.40. The maximum Gasteiger partial charge on any atom is 0.243 e. The van der Waals surface area contributed by atoms with Crippen LogP contribution < -0.4 is 0 Å². The van der Waals surface area contributed by atoms with E-state index in [0.29, 0.717) is 11.4 Å². The fourth-order valence-electron chi connectivity index (χ4n) is 3.83. The van der Waals surface area contributed by atoms with E-state index in [2.05, 4.69) is 18.2 Å². The maximum atomic E-state index is 13.5. The van der Waals surface area contributed by atoms with E-state index in [9.17, 15) is 8.42 Å². The van der Waals surface area contributed by atoms with E-state index in [1.54, 1.807) is 16.4 Å². The highest BCUT2D eigenvalue weighted by Crippen LogP contribution is 2.38. The van der Waals surface area contributed by atoms with Gasteiger partial charge in [-0.1, -0.05) is 71.8 Å². The van der Waals surface area contributed by atoms with Crippen LogP contribution in [-0.2, 0) is 16.4 Å². The molecule has 1 aliphatic rings. The first-order valence-electron chi connectivity index (χ1n) is 9.20. The number of hydrogen-bond acceptors (Lipinski definition) is 2. The molecule has 0 N–H and O–H groups in total. The zero-order valence-electron chi connectivity index (χ0n) is 15.6. The number of fused-ring (bicyclic) bond motifs is 1. The molecule has 1 atom stereocenters. The minimum atomic E-state index is -3.60. The summed E-state index contributed by atoms with van der Waals surface area (Å²) in [5, 5.41) is 0. The van der Waals surface area contributed by atoms with Crippen LogP contribution in [0.15, 0.2) is 77.7 Å². The summed E-state index contributed by atoms with van der Waals surface area (Å²) >= 11 is 0. The maximum absolute atomic E-state index is 13.5. The van der Waals surface area contributed by atoms with Crippen LogP contribution in [-0.4, -0.2) is 19.3 Å². The molecule has 0 aromatic heterocycles. The van der Waals surface area contributed by atoms with E-state index in [0.717, 1.165) is 28.7 Å². The molecule has 0 unspecified atom stereocenters. The Bertz CT molecular complexity index is 1070. The molecule has 4 rings (SSSR count). The predicted octanol–water partition coefficient (Wildman–Crippen LogP) is 4.64. The van der Waals surface area contributed by atoms with E-state index in [-0.39, 0.29) is 6.04 Å². The third kappa shape index (κ3) is 3.31. The summed E-state index contributed by atoms with van der Waals surface area (Å²) in [4.78, 5) is 0.352. The molecule has 0 radical (unpaired) electrons. The Morgan fingerprint density at radius 1 is 0.852 bits per heavy atom. The largest absolute Gasteiger partial charge is 0.243 e. The van der Waals surface area contributed by atoms with E-state index in [4.69, 9.17) is 0 Å². The van der Waals surface area contributed by atoms with Crippen LogP contribution in [0.4, 0.5) is 0 Å². The van der Waals surface area contributed by atoms with Gasteiger partial charge in [-0.25, -0.2) is 8.42 Å². The lowest BCUT2D eigenvalue weighted by atomic mass is 9.89. The van der Waals surface area contributed by atoms with Gasteiger partial charge in [0, 0.05) is 6.54 Å². The molecular weight excluding hydrogens is 354 g/mol. The van der Waals surface area contributed by atoms with E-state index >= 15 is 0 Å². The minimum absolute atomic E-state index is 0.304. The highest BCUT2D eigenvalue weighted by molar-refractivity contribution is 7.89. The number of nitrogens with zero attached hydrogens (tertiary/aromatic N) is 1. The second kappa shape index (κ2) is 6.95. The third-order valence-corrected chi connectivity index (χ3v) is 7.10. The Morgan fingerprint density at radius 2 is 1.59 bits per heavy atom. The van der Waals surface area contributed by atoms with E-state index < -0.39 is 10.0 Å². The van der Waals surface area contributed by atoms with Gasteiger partial charge >= 0.3 is 0 Å². The van der Waals surface area contributed by atoms with Gasteiger partial charge in [0.25, 0.3) is 0 Å². The van der Waals surface area contributed by atoms with Crippen molar-refractivity contribution < 1.29 is 8.42 Å². The standard InChI is InChI=1S/C23H23NO2S/c1-17-10-12-21(13-11-17)27(25,26)24-15-14-19-7-3-4-9-22(19)23(24)20-8-5-6-18(2)16-20/h3-13,16,23H,14-15H2,1-2H3/t23-/m1/s1. The molecule has 1 aliphatic heterocycles. The van der Waals surface area contributed by atoms with Gasteiger partial charge in [-0.05, 0) is 49.1 Å². The Kier molecular flexibility index (Phi) is 4.62. The van der Waals surface area contributed by atoms with Crippen molar-refractivity contribution in [2.45, 2.75) is 31.2 Å². The quantitative estimate of drug-likeness (QED) is 0.667. The molecule has 27 heavy (non-hydrogen) atoms. The Labute approximate surface area is 161 Å². The van der Waals surface area contributed by atoms with Crippen molar-refractivity contribution in [2.24, 2.45) is 0 Å². The summed E-state index contributed by atoms with van der Waals surface area (Å²) in [5.41, 5.74) is 5.48. The van der Waals surface area contributed by atoms with Crippen LogP contribution in [0, 0.1) is 13.8 Å². The van der Waals surface area contributed by atoms with Crippen LogP contribution in [0.3, 0.4) is 0 Å². The highest BCUT2D eigenvalue weighted by atomic mass is 32.2. The molecule has 1 heterocycles. The predicted molar refractivity (Wildman–Crippen MR) is 108 cm³/mol. The van der Waals surface area contributed by atoms with Crippen molar-refractivity contribution in [2.75, 3.05) is 6.54 Å². The summed E-state index contributed by atoms with van der Waals surface area (Å²) in [6.07, 6.45) is 0.726. The molecule has 3 nitrogen and oxygen atoms in total. The molecular formula is C23H23NO2S. The highest BCUT2D eigenvalue weighted by Gasteiger charge is 2.37. The van der Waals surface area contributed by atoms with Crippen LogP contribution in [0.2, 0.25) is 0 Å². The fraction of sp³-hybridized carbons (Fsp3) is 0.217. The first kappa shape index (κ1) is 18.0. The van der Waals surface area contributed by atoms with Gasteiger partial charge in [0.15, 0.2) is 0 Å². The van der Waals surface area contributed by atoms with Crippen molar-refractivity contribution in [1.29, 1.82) is 0 Å². The summed E-state index contributed by atoms with van der Waals surface area (Å²) in [6, 6.07) is 23.1. The Morgan fingerprint density at radius 3 is 2.33 bits per heavy atom. The van der Waals surface area contributed by atoms with E-state index in [1.807, 2.05) is 56.3 Å². The molecule has 0 bridgehead atoms. The first-order chi connectivity index (χ1) is 13.0. The van der Waals surface area contributed by atoms with Gasteiger partial charge in [0.05, 0.1) is 10.9 Å². The molecule has 3 aromatic carbocycles. The van der Waals surface area contributed by atoms with Gasteiger partial charge in [-0.3, -0.25) is 0 Å². The zero-order valence-corrected chi connectivity index (χ0v) is 16.4. The SMILES string of the molecule is Cc1ccc(S(=O)(=O)N2CCc3ccccc3[C@H]2c2cccc(C)c2)cc1. The minimum Gasteiger partial charge on any atom is -0.207 e. The lowest BCUT2D eigenvalue weighted by Gasteiger charge is -2.37. The number of sulfonamides is 1. The van der Waals surface area contributed by atoms with Crippen molar-refractivity contribution in [3.05, 3.63) is 101 Å². The van der Waals surface area contributed by atoms with Crippen molar-refractivity contribution in [3.8, 4) is 0 Å². The molecule has 138 valence electrons. The van der Waals surface area contributed by atoms with Crippen LogP contribution in [0.1, 0.15) is 33.9 Å². The zero-order chi connectivity index (χ0) is 19.0. The summed E-state index contributed by atoms with van der Waals surface area (Å²) in [5.74, 6) is 0. The lowest BCUT2D eigenvalue weighted by molar-refractivity contribution is 0.344. The van der Waals surface area contributed by atoms with Crippen molar-refractivity contribution >= 4 is 10.0 Å². The number of aryl methyl sites for hydroxylation is 2. The van der Waals surface area contributed by atoms with Gasteiger partial charge in [0.2, 0.25) is 10.0 Å². The average Bonchev–Trinajstić information content (AvgIpc) is 2.67. The van der Waals surface area contributed by atoms with Crippen LogP contribution in [0.5, 0.6) is 0 Å². The van der Waals surface area contributed by atoms with Gasteiger partial charge in [-0.2, -0.15) is 4.31 Å². The monoisotopic (exact) mass is 377 g/mol. The Balaban J connectivity index is 1.87. The second-order valence-corrected chi connectivity index (χ2v) is 9.08. The van der Waals surface area contributed by atoms with Crippen LogP contribution >= 0.6 is 0 Å². The third-order valence-electron chi connectivity index (χ3n) is 5.22. The van der Waals surface area contributed by atoms with Gasteiger partial charge in [-0.15, -0.1) is 0 Å². The fourth-order valence-corrected chi connectivity index (χ4v) is 5.43. The van der Waals surface area contributed by atoms with Gasteiger partial charge in [0.1, 0.15) is 0 Å². The van der Waals surface area contributed by atoms with E-state index in [1.165, 1.54) is 5.56 Å². The summed E-state index contributed by atoms with van der Waals surface area (Å²) < 4.78 is 28.7. The van der Waals surface area contributed by atoms with Crippen LogP contribution in [0.25, 0.3) is 0 Å². The summed E-state index contributed by atoms with van der Waals surface area (Å²) in [7, 11) is -3.60. The number of benzene rings is 3. The topological polar surface area (TPSA) is 37.4 Å². The number of rotatable bonds is 3. The first-order valence-corrected chi connectivity index (χ1v) is 10.6. The molecule has 0 saturated heterocycles. The average molecular weight is 378 g/mol. The van der Waals surface area contributed by atoms with Gasteiger partial charge < -0.3 is 0 Å². The molecule has 0 amide bonds. The molecule has 0 fully saturated rings. The summed E-state index contributed by atoms with van der Waals surface area (Å²) in [6.45, 7) is 4.48. The van der Waals surface area contributed by atoms with Crippen molar-refractivity contribution in [1.82, 2.24) is 4.31 Å². The smallest absolute Gasteiger partial charge is 0.207 e. The Hall–Kier alpha value is -2.43. The molecule has 0 saturated carbocycles.